The van der Waals surface area contributed by atoms with E-state index in [1.807, 2.05) is 0 Å². The average molecular weight is 372 g/mol. The molecule has 0 saturated carbocycles. The van der Waals surface area contributed by atoms with E-state index < -0.39 is 23.9 Å². The number of halogens is 1. The number of para-hydroxylation sites is 1. The van der Waals surface area contributed by atoms with E-state index in [9.17, 15) is 24.2 Å². The van der Waals surface area contributed by atoms with Gasteiger partial charge < -0.3 is 20.4 Å². The number of nitrogens with zero attached hydrogens (tertiary/aromatic N) is 1. The lowest BCUT2D eigenvalue weighted by Crippen LogP contribution is -2.46. The molecule has 0 spiro atoms. The van der Waals surface area contributed by atoms with Crippen molar-refractivity contribution in [3.05, 3.63) is 65.5 Å². The summed E-state index contributed by atoms with van der Waals surface area (Å²) in [5.74, 6) is -1.29. The Morgan fingerprint density at radius 3 is 2.59 bits per heavy atom. The van der Waals surface area contributed by atoms with Gasteiger partial charge in [0.25, 0.3) is 5.91 Å². The number of likely N-dealkylation sites (tertiary alicyclic amines) is 1. The largest absolute Gasteiger partial charge is 0.507 e. The number of carbonyl (C=O) groups is 2. The molecule has 0 aliphatic carbocycles. The van der Waals surface area contributed by atoms with Crippen molar-refractivity contribution in [2.24, 2.45) is 0 Å². The average Bonchev–Trinajstić information content (AvgIpc) is 3.16. The number of phenolic OH excluding ortho intramolecular Hbond substituents is 1. The Balaban J connectivity index is 1.62. The van der Waals surface area contributed by atoms with Crippen molar-refractivity contribution in [2.75, 3.05) is 13.1 Å². The second-order valence-corrected chi connectivity index (χ2v) is 6.49. The number of aromatic hydroxyl groups is 1. The van der Waals surface area contributed by atoms with Gasteiger partial charge in [0.05, 0.1) is 11.7 Å². The first-order chi connectivity index (χ1) is 13.0. The van der Waals surface area contributed by atoms with Crippen LogP contribution in [0.5, 0.6) is 5.75 Å². The summed E-state index contributed by atoms with van der Waals surface area (Å²) in [5.41, 5.74) is 0.647. The van der Waals surface area contributed by atoms with E-state index in [4.69, 9.17) is 0 Å². The number of aliphatic hydroxyl groups is 1. The smallest absolute Gasteiger partial charge is 0.258 e. The Labute approximate surface area is 156 Å². The van der Waals surface area contributed by atoms with Crippen molar-refractivity contribution < 1.29 is 24.2 Å². The number of benzene rings is 2. The summed E-state index contributed by atoms with van der Waals surface area (Å²) in [5, 5.41) is 22.7. The summed E-state index contributed by atoms with van der Waals surface area (Å²) in [6, 6.07) is 11.0. The molecule has 7 heteroatoms. The third kappa shape index (κ3) is 4.25. The van der Waals surface area contributed by atoms with E-state index in [1.165, 1.54) is 41.3 Å². The molecule has 0 aromatic heterocycles. The van der Waals surface area contributed by atoms with E-state index in [1.54, 1.807) is 12.1 Å². The summed E-state index contributed by atoms with van der Waals surface area (Å²) >= 11 is 0. The van der Waals surface area contributed by atoms with Gasteiger partial charge in [0.1, 0.15) is 17.6 Å². The molecule has 2 aromatic carbocycles. The fraction of sp³-hybridized carbons (Fsp3) is 0.300. The number of amides is 2. The molecule has 27 heavy (non-hydrogen) atoms. The number of hydrogen-bond donors (Lipinski definition) is 3. The van der Waals surface area contributed by atoms with E-state index in [-0.39, 0.29) is 23.8 Å². The highest BCUT2D eigenvalue weighted by molar-refractivity contribution is 5.99. The summed E-state index contributed by atoms with van der Waals surface area (Å²) in [6.07, 6.45) is 0.216. The van der Waals surface area contributed by atoms with Crippen LogP contribution < -0.4 is 5.32 Å². The van der Waals surface area contributed by atoms with Crippen molar-refractivity contribution in [3.63, 3.8) is 0 Å². The molecule has 1 saturated heterocycles. The minimum absolute atomic E-state index is 0.0421. The zero-order chi connectivity index (χ0) is 19.4. The van der Waals surface area contributed by atoms with Crippen LogP contribution in [0.15, 0.2) is 48.5 Å². The van der Waals surface area contributed by atoms with Crippen molar-refractivity contribution >= 4 is 11.8 Å². The molecular weight excluding hydrogens is 351 g/mol. The van der Waals surface area contributed by atoms with Crippen molar-refractivity contribution in [1.82, 2.24) is 10.2 Å². The quantitative estimate of drug-likeness (QED) is 0.749. The lowest BCUT2D eigenvalue weighted by Gasteiger charge is -2.25. The maximum atomic E-state index is 12.9. The number of rotatable bonds is 5. The molecule has 1 heterocycles. The van der Waals surface area contributed by atoms with Crippen molar-refractivity contribution in [2.45, 2.75) is 25.0 Å². The van der Waals surface area contributed by atoms with E-state index in [2.05, 4.69) is 5.32 Å². The number of aliphatic hydroxyl groups excluding tert-OH is 1. The van der Waals surface area contributed by atoms with Gasteiger partial charge in [-0.25, -0.2) is 4.39 Å². The molecule has 142 valence electrons. The zero-order valence-electron chi connectivity index (χ0n) is 14.6. The van der Waals surface area contributed by atoms with Gasteiger partial charge in [0.15, 0.2) is 0 Å². The van der Waals surface area contributed by atoms with Crippen LogP contribution in [0.3, 0.4) is 0 Å². The maximum Gasteiger partial charge on any atom is 0.258 e. The summed E-state index contributed by atoms with van der Waals surface area (Å²) in [6.45, 7) is 0.380. The van der Waals surface area contributed by atoms with Crippen LogP contribution in [0.4, 0.5) is 4.39 Å². The van der Waals surface area contributed by atoms with Crippen molar-refractivity contribution in [3.8, 4) is 5.75 Å². The molecule has 1 fully saturated rings. The molecule has 3 N–H and O–H groups in total. The third-order valence-electron chi connectivity index (χ3n) is 4.68. The predicted octanol–water partition coefficient (Wildman–Crippen LogP) is 1.99. The number of phenols is 1. The van der Waals surface area contributed by atoms with Crippen LogP contribution in [-0.2, 0) is 4.79 Å². The van der Waals surface area contributed by atoms with Gasteiger partial charge >= 0.3 is 0 Å². The summed E-state index contributed by atoms with van der Waals surface area (Å²) in [4.78, 5) is 26.6. The SMILES string of the molecule is O=C(NC[C@H](O)c1ccc(F)cc1)[C@@H]1CCCN1C(=O)c1ccccc1O. The van der Waals surface area contributed by atoms with Crippen LogP contribution in [0.1, 0.15) is 34.9 Å². The Kier molecular flexibility index (Phi) is 5.71. The Morgan fingerprint density at radius 2 is 1.89 bits per heavy atom. The first-order valence-electron chi connectivity index (χ1n) is 8.77. The fourth-order valence-corrected chi connectivity index (χ4v) is 3.21. The second-order valence-electron chi connectivity index (χ2n) is 6.49. The zero-order valence-corrected chi connectivity index (χ0v) is 14.6. The molecule has 3 rings (SSSR count). The lowest BCUT2D eigenvalue weighted by atomic mass is 10.1. The molecule has 2 aromatic rings. The van der Waals surface area contributed by atoms with Crippen LogP contribution in [0.2, 0.25) is 0 Å². The third-order valence-corrected chi connectivity index (χ3v) is 4.68. The topological polar surface area (TPSA) is 89.9 Å². The molecule has 1 aliphatic rings. The monoisotopic (exact) mass is 372 g/mol. The van der Waals surface area contributed by atoms with Gasteiger partial charge in [0.2, 0.25) is 5.91 Å². The Bertz CT molecular complexity index is 825. The molecule has 1 aliphatic heterocycles. The van der Waals surface area contributed by atoms with E-state index in [0.29, 0.717) is 24.9 Å². The lowest BCUT2D eigenvalue weighted by molar-refractivity contribution is -0.125. The molecule has 0 bridgehead atoms. The first-order valence-corrected chi connectivity index (χ1v) is 8.77. The normalized spacial score (nSPS) is 17.6. The molecular formula is C20H21FN2O4. The van der Waals surface area contributed by atoms with E-state index >= 15 is 0 Å². The van der Waals surface area contributed by atoms with Crippen molar-refractivity contribution in [1.29, 1.82) is 0 Å². The fourth-order valence-electron chi connectivity index (χ4n) is 3.21. The highest BCUT2D eigenvalue weighted by atomic mass is 19.1. The second kappa shape index (κ2) is 8.18. The van der Waals surface area contributed by atoms with Crippen LogP contribution >= 0.6 is 0 Å². The molecule has 0 unspecified atom stereocenters. The van der Waals surface area contributed by atoms with Gasteiger partial charge in [-0.05, 0) is 42.7 Å². The standard InChI is InChI=1S/C20H21FN2O4/c21-14-9-7-13(8-10-14)18(25)12-22-19(26)16-5-3-11-23(16)20(27)15-4-1-2-6-17(15)24/h1-2,4,6-10,16,18,24-25H,3,5,11-12H2,(H,22,26)/t16-,18-/m0/s1. The van der Waals surface area contributed by atoms with Gasteiger partial charge in [-0.15, -0.1) is 0 Å². The minimum atomic E-state index is -0.974. The first kappa shape index (κ1) is 18.8. The van der Waals surface area contributed by atoms with Gasteiger partial charge in [-0.3, -0.25) is 9.59 Å². The maximum absolute atomic E-state index is 12.9. The van der Waals surface area contributed by atoms with Gasteiger partial charge in [-0.2, -0.15) is 0 Å². The number of nitrogens with one attached hydrogen (secondary N) is 1. The molecule has 2 amide bonds. The molecule has 0 radical (unpaired) electrons. The Morgan fingerprint density at radius 1 is 1.19 bits per heavy atom. The van der Waals surface area contributed by atoms with Crippen LogP contribution in [-0.4, -0.2) is 46.1 Å². The summed E-state index contributed by atoms with van der Waals surface area (Å²) in [7, 11) is 0. The summed E-state index contributed by atoms with van der Waals surface area (Å²) < 4.78 is 12.9. The number of carbonyl (C=O) groups excluding carboxylic acids is 2. The highest BCUT2D eigenvalue weighted by Crippen LogP contribution is 2.24. The van der Waals surface area contributed by atoms with Gasteiger partial charge in [0, 0.05) is 13.1 Å². The molecule has 2 atom stereocenters. The predicted molar refractivity (Wildman–Crippen MR) is 96.5 cm³/mol. The minimum Gasteiger partial charge on any atom is -0.507 e. The van der Waals surface area contributed by atoms with Crippen LogP contribution in [0.25, 0.3) is 0 Å². The highest BCUT2D eigenvalue weighted by Gasteiger charge is 2.35. The van der Waals surface area contributed by atoms with Crippen LogP contribution in [0, 0.1) is 5.82 Å². The Hall–Kier alpha value is -2.93. The number of hydrogen-bond acceptors (Lipinski definition) is 4. The van der Waals surface area contributed by atoms with E-state index in [0.717, 1.165) is 0 Å². The molecule has 6 nitrogen and oxygen atoms in total. The van der Waals surface area contributed by atoms with Gasteiger partial charge in [-0.1, -0.05) is 24.3 Å².